The Hall–Kier alpha value is -1.73. The maximum absolute atomic E-state index is 8.62. The van der Waals surface area contributed by atoms with Crippen LogP contribution in [0.2, 0.25) is 0 Å². The molecule has 0 bridgehead atoms. The summed E-state index contributed by atoms with van der Waals surface area (Å²) in [5, 5.41) is 8.62. The van der Waals surface area contributed by atoms with E-state index < -0.39 is 0 Å². The van der Waals surface area contributed by atoms with Crippen molar-refractivity contribution >= 4 is 5.69 Å². The third-order valence-corrected chi connectivity index (χ3v) is 1.80. The lowest BCUT2D eigenvalue weighted by molar-refractivity contribution is 0.337. The van der Waals surface area contributed by atoms with Crippen molar-refractivity contribution in [2.75, 3.05) is 12.0 Å². The molecular weight excluding hydrogens is 178 g/mol. The van der Waals surface area contributed by atoms with E-state index in [0.29, 0.717) is 13.0 Å². The number of rotatable bonds is 4. The number of hydrogen-bond acceptors (Lipinski definition) is 4. The molecule has 4 heteroatoms. The SMILES string of the molecule is CCOc1ccc(NN)cc1CC#N. The molecule has 1 rings (SSSR count). The van der Waals surface area contributed by atoms with Gasteiger partial charge in [-0.2, -0.15) is 5.26 Å². The van der Waals surface area contributed by atoms with E-state index in [1.807, 2.05) is 25.1 Å². The van der Waals surface area contributed by atoms with Gasteiger partial charge in [0.05, 0.1) is 19.1 Å². The lowest BCUT2D eigenvalue weighted by Crippen LogP contribution is -2.07. The molecule has 0 aliphatic heterocycles. The molecule has 0 spiro atoms. The summed E-state index contributed by atoms with van der Waals surface area (Å²) in [6.45, 7) is 2.50. The minimum atomic E-state index is 0.324. The number of anilines is 1. The van der Waals surface area contributed by atoms with Crippen LogP contribution in [-0.4, -0.2) is 6.61 Å². The Labute approximate surface area is 83.3 Å². The van der Waals surface area contributed by atoms with Crippen LogP contribution >= 0.6 is 0 Å². The van der Waals surface area contributed by atoms with Crippen molar-refractivity contribution in [1.82, 2.24) is 0 Å². The lowest BCUT2D eigenvalue weighted by atomic mass is 10.1. The average molecular weight is 191 g/mol. The summed E-state index contributed by atoms with van der Waals surface area (Å²) < 4.78 is 5.37. The number of nitriles is 1. The lowest BCUT2D eigenvalue weighted by Gasteiger charge is -2.09. The van der Waals surface area contributed by atoms with E-state index in [9.17, 15) is 0 Å². The van der Waals surface area contributed by atoms with Crippen LogP contribution in [0, 0.1) is 11.3 Å². The predicted molar refractivity (Wildman–Crippen MR) is 54.7 cm³/mol. The molecule has 14 heavy (non-hydrogen) atoms. The summed E-state index contributed by atoms with van der Waals surface area (Å²) in [5.41, 5.74) is 4.16. The molecule has 0 fully saturated rings. The van der Waals surface area contributed by atoms with Crippen LogP contribution in [0.4, 0.5) is 5.69 Å². The van der Waals surface area contributed by atoms with Crippen molar-refractivity contribution < 1.29 is 4.74 Å². The van der Waals surface area contributed by atoms with Gasteiger partial charge in [-0.1, -0.05) is 0 Å². The van der Waals surface area contributed by atoms with E-state index in [2.05, 4.69) is 11.5 Å². The first-order valence-electron chi connectivity index (χ1n) is 4.41. The van der Waals surface area contributed by atoms with E-state index in [-0.39, 0.29) is 0 Å². The monoisotopic (exact) mass is 191 g/mol. The van der Waals surface area contributed by atoms with Gasteiger partial charge >= 0.3 is 0 Å². The minimum Gasteiger partial charge on any atom is -0.494 e. The highest BCUT2D eigenvalue weighted by molar-refractivity contribution is 5.51. The number of nitrogens with one attached hydrogen (secondary N) is 1. The molecule has 0 radical (unpaired) electrons. The molecule has 1 aromatic rings. The van der Waals surface area contributed by atoms with Gasteiger partial charge in [-0.25, -0.2) is 0 Å². The highest BCUT2D eigenvalue weighted by Crippen LogP contribution is 2.22. The maximum Gasteiger partial charge on any atom is 0.123 e. The van der Waals surface area contributed by atoms with Crippen LogP contribution < -0.4 is 16.0 Å². The van der Waals surface area contributed by atoms with Gasteiger partial charge in [0.25, 0.3) is 0 Å². The first kappa shape index (κ1) is 10.4. The molecule has 0 heterocycles. The number of nitrogens with zero attached hydrogens (tertiary/aromatic N) is 1. The number of hydrazine groups is 1. The van der Waals surface area contributed by atoms with E-state index in [1.54, 1.807) is 0 Å². The van der Waals surface area contributed by atoms with Gasteiger partial charge in [-0.05, 0) is 25.1 Å². The summed E-state index contributed by atoms with van der Waals surface area (Å²) in [6.07, 6.45) is 0.324. The zero-order valence-corrected chi connectivity index (χ0v) is 8.08. The van der Waals surface area contributed by atoms with Crippen molar-refractivity contribution in [3.63, 3.8) is 0 Å². The van der Waals surface area contributed by atoms with Gasteiger partial charge in [0.2, 0.25) is 0 Å². The Morgan fingerprint density at radius 2 is 2.36 bits per heavy atom. The molecular formula is C10H13N3O. The molecule has 3 N–H and O–H groups in total. The zero-order valence-electron chi connectivity index (χ0n) is 8.08. The Morgan fingerprint density at radius 3 is 2.93 bits per heavy atom. The van der Waals surface area contributed by atoms with Crippen LogP contribution in [-0.2, 0) is 6.42 Å². The van der Waals surface area contributed by atoms with Crippen LogP contribution in [0.5, 0.6) is 5.75 Å². The fourth-order valence-electron chi connectivity index (χ4n) is 1.19. The van der Waals surface area contributed by atoms with Crippen molar-refractivity contribution in [1.29, 1.82) is 5.26 Å². The number of nitrogen functional groups attached to an aromatic ring is 1. The Balaban J connectivity index is 2.98. The third-order valence-electron chi connectivity index (χ3n) is 1.80. The summed E-state index contributed by atoms with van der Waals surface area (Å²) in [5.74, 6) is 6.01. The van der Waals surface area contributed by atoms with E-state index in [1.165, 1.54) is 0 Å². The highest BCUT2D eigenvalue weighted by atomic mass is 16.5. The van der Waals surface area contributed by atoms with Gasteiger partial charge < -0.3 is 10.2 Å². The topological polar surface area (TPSA) is 71.1 Å². The smallest absolute Gasteiger partial charge is 0.123 e. The van der Waals surface area contributed by atoms with E-state index in [0.717, 1.165) is 17.0 Å². The number of ether oxygens (including phenoxy) is 1. The number of hydrogen-bond donors (Lipinski definition) is 2. The Kier molecular flexibility index (Phi) is 3.77. The Bertz CT molecular complexity index is 344. The minimum absolute atomic E-state index is 0.324. The summed E-state index contributed by atoms with van der Waals surface area (Å²) >= 11 is 0. The maximum atomic E-state index is 8.62. The fraction of sp³-hybridized carbons (Fsp3) is 0.300. The molecule has 0 atom stereocenters. The van der Waals surface area contributed by atoms with Gasteiger partial charge in [-0.3, -0.25) is 5.84 Å². The molecule has 0 amide bonds. The van der Waals surface area contributed by atoms with Gasteiger partial charge in [-0.15, -0.1) is 0 Å². The van der Waals surface area contributed by atoms with Crippen LogP contribution in [0.3, 0.4) is 0 Å². The largest absolute Gasteiger partial charge is 0.494 e. The Morgan fingerprint density at radius 1 is 1.57 bits per heavy atom. The van der Waals surface area contributed by atoms with E-state index >= 15 is 0 Å². The van der Waals surface area contributed by atoms with Crippen molar-refractivity contribution in [3.05, 3.63) is 23.8 Å². The number of benzene rings is 1. The summed E-state index contributed by atoms with van der Waals surface area (Å²) in [4.78, 5) is 0. The zero-order chi connectivity index (χ0) is 10.4. The van der Waals surface area contributed by atoms with Crippen molar-refractivity contribution in [3.8, 4) is 11.8 Å². The molecule has 0 aromatic heterocycles. The number of nitrogens with two attached hydrogens (primary N) is 1. The van der Waals surface area contributed by atoms with Crippen molar-refractivity contribution in [2.45, 2.75) is 13.3 Å². The highest BCUT2D eigenvalue weighted by Gasteiger charge is 2.03. The molecule has 0 aliphatic carbocycles. The second-order valence-electron chi connectivity index (χ2n) is 2.73. The third kappa shape index (κ3) is 2.38. The molecule has 0 aliphatic rings. The van der Waals surface area contributed by atoms with Crippen LogP contribution in [0.15, 0.2) is 18.2 Å². The molecule has 0 saturated heterocycles. The molecule has 0 saturated carbocycles. The standard InChI is InChI=1S/C10H13N3O/c1-2-14-10-4-3-9(13-12)7-8(10)5-6-11/h3-4,7,13H,2,5,12H2,1H3. The molecule has 1 aromatic carbocycles. The fourth-order valence-corrected chi connectivity index (χ4v) is 1.19. The van der Waals surface area contributed by atoms with Gasteiger partial charge in [0, 0.05) is 11.3 Å². The first-order valence-corrected chi connectivity index (χ1v) is 4.41. The van der Waals surface area contributed by atoms with Gasteiger partial charge in [0.15, 0.2) is 0 Å². The normalized spacial score (nSPS) is 9.21. The molecule has 74 valence electrons. The van der Waals surface area contributed by atoms with Crippen LogP contribution in [0.1, 0.15) is 12.5 Å². The summed E-state index contributed by atoms with van der Waals surface area (Å²) in [7, 11) is 0. The van der Waals surface area contributed by atoms with Gasteiger partial charge in [0.1, 0.15) is 5.75 Å². The average Bonchev–Trinajstić information content (AvgIpc) is 2.21. The van der Waals surface area contributed by atoms with Crippen LogP contribution in [0.25, 0.3) is 0 Å². The quantitative estimate of drug-likeness (QED) is 0.558. The molecule has 0 unspecified atom stereocenters. The second-order valence-corrected chi connectivity index (χ2v) is 2.73. The van der Waals surface area contributed by atoms with Crippen molar-refractivity contribution in [2.24, 2.45) is 5.84 Å². The van der Waals surface area contributed by atoms with E-state index in [4.69, 9.17) is 15.8 Å². The predicted octanol–water partition coefficient (Wildman–Crippen LogP) is 1.44. The summed E-state index contributed by atoms with van der Waals surface area (Å²) in [6, 6.07) is 7.52. The second kappa shape index (κ2) is 5.10. The molecule has 4 nitrogen and oxygen atoms in total. The first-order chi connectivity index (χ1) is 6.81.